The summed E-state index contributed by atoms with van der Waals surface area (Å²) in [5.74, 6) is 0.452. The average molecular weight is 450 g/mol. The number of hydrogen-bond donors (Lipinski definition) is 2. The van der Waals surface area contributed by atoms with Gasteiger partial charge in [0.25, 0.3) is 0 Å². The molecule has 2 N–H and O–H groups in total. The van der Waals surface area contributed by atoms with Gasteiger partial charge in [0.1, 0.15) is 5.82 Å². The highest BCUT2D eigenvalue weighted by Gasteiger charge is 2.13. The first kappa shape index (κ1) is 22.2. The van der Waals surface area contributed by atoms with E-state index < -0.39 is 6.29 Å². The number of aliphatic hydroxyl groups excluding tert-OH is 1. The smallest absolute Gasteiger partial charge is 0.223 e. The molecule has 1 atom stereocenters. The monoisotopic (exact) mass is 449 g/mol. The summed E-state index contributed by atoms with van der Waals surface area (Å²) in [6, 6.07) is 12.6. The highest BCUT2D eigenvalue weighted by atomic mass is 79.9. The zero-order valence-corrected chi connectivity index (χ0v) is 17.9. The molecule has 2 aromatic carbocycles. The minimum atomic E-state index is -0.809. The number of nitrogens with zero attached hydrogens (tertiary/aromatic N) is 2. The van der Waals surface area contributed by atoms with Crippen molar-refractivity contribution in [2.24, 2.45) is 0 Å². The summed E-state index contributed by atoms with van der Waals surface area (Å²) in [6.45, 7) is 6.50. The second kappa shape index (κ2) is 9.91. The average Bonchev–Trinajstić information content (AvgIpc) is 2.65. The van der Waals surface area contributed by atoms with Crippen LogP contribution in [-0.2, 0) is 4.74 Å². The van der Waals surface area contributed by atoms with Crippen molar-refractivity contribution in [3.05, 3.63) is 54.0 Å². The van der Waals surface area contributed by atoms with Gasteiger partial charge in [0.15, 0.2) is 6.29 Å². The maximum Gasteiger partial charge on any atom is 0.223 e. The van der Waals surface area contributed by atoms with E-state index in [9.17, 15) is 9.50 Å². The van der Waals surface area contributed by atoms with Crippen LogP contribution in [0.25, 0.3) is 22.0 Å². The highest BCUT2D eigenvalue weighted by Crippen LogP contribution is 2.31. The van der Waals surface area contributed by atoms with Crippen LogP contribution in [0, 0.1) is 5.82 Å². The number of hydrogen-bond acceptors (Lipinski definition) is 5. The molecule has 0 aliphatic heterocycles. The maximum atomic E-state index is 14.2. The van der Waals surface area contributed by atoms with E-state index in [4.69, 9.17) is 4.74 Å². The Bertz CT molecular complexity index is 935. The first-order chi connectivity index (χ1) is 13.0. The molecule has 0 fully saturated rings. The number of nitrogens with one attached hydrogen (secondary N) is 1. The van der Waals surface area contributed by atoms with Crippen LogP contribution in [0.1, 0.15) is 32.4 Å². The standard InChI is InChI=1S/C21H24FN3O2.BrH/c1-13(2)19-12-20(25-21(24-19)23-10-11-27-14(3)26)17-8-9-18(22)16-7-5-4-6-15(16)17;/h4-9,12-14,26H,10-11H2,1-3H3,(H,23,24,25);1H. The third-order valence-electron chi connectivity index (χ3n) is 4.23. The lowest BCUT2D eigenvalue weighted by Crippen LogP contribution is -2.16. The van der Waals surface area contributed by atoms with Gasteiger partial charge in [-0.05, 0) is 36.4 Å². The van der Waals surface area contributed by atoms with Gasteiger partial charge in [-0.3, -0.25) is 0 Å². The number of aliphatic hydroxyl groups is 1. The van der Waals surface area contributed by atoms with Gasteiger partial charge in [0.05, 0.1) is 12.3 Å². The third-order valence-corrected chi connectivity index (χ3v) is 4.23. The molecule has 1 unspecified atom stereocenters. The lowest BCUT2D eigenvalue weighted by Gasteiger charge is -2.14. The zero-order valence-electron chi connectivity index (χ0n) is 16.1. The van der Waals surface area contributed by atoms with E-state index in [-0.39, 0.29) is 28.7 Å². The van der Waals surface area contributed by atoms with E-state index in [1.165, 1.54) is 6.07 Å². The van der Waals surface area contributed by atoms with E-state index in [2.05, 4.69) is 29.1 Å². The van der Waals surface area contributed by atoms with Gasteiger partial charge in [-0.15, -0.1) is 17.0 Å². The predicted molar refractivity (Wildman–Crippen MR) is 115 cm³/mol. The van der Waals surface area contributed by atoms with Crippen molar-refractivity contribution in [1.82, 2.24) is 9.97 Å². The van der Waals surface area contributed by atoms with Crippen molar-refractivity contribution in [1.29, 1.82) is 0 Å². The van der Waals surface area contributed by atoms with E-state index in [1.807, 2.05) is 24.3 Å². The van der Waals surface area contributed by atoms with Gasteiger partial charge < -0.3 is 15.2 Å². The Labute approximate surface area is 174 Å². The van der Waals surface area contributed by atoms with Gasteiger partial charge in [-0.2, -0.15) is 0 Å². The van der Waals surface area contributed by atoms with Crippen LogP contribution < -0.4 is 5.32 Å². The molecule has 0 spiro atoms. The van der Waals surface area contributed by atoms with Gasteiger partial charge in [0, 0.05) is 23.2 Å². The van der Waals surface area contributed by atoms with E-state index in [1.54, 1.807) is 19.1 Å². The Morgan fingerprint density at radius 2 is 1.79 bits per heavy atom. The second-order valence-corrected chi connectivity index (χ2v) is 6.69. The molecule has 0 saturated heterocycles. The minimum absolute atomic E-state index is 0. The fourth-order valence-corrected chi connectivity index (χ4v) is 2.86. The summed E-state index contributed by atoms with van der Waals surface area (Å²) < 4.78 is 19.3. The highest BCUT2D eigenvalue weighted by molar-refractivity contribution is 8.93. The SMILES string of the molecule is Br.CC(O)OCCNc1nc(-c2ccc(F)c3ccccc23)cc(C(C)C)n1. The quantitative estimate of drug-likeness (QED) is 0.396. The van der Waals surface area contributed by atoms with E-state index >= 15 is 0 Å². The predicted octanol–water partition coefficient (Wildman–Crippen LogP) is 4.90. The van der Waals surface area contributed by atoms with Gasteiger partial charge in [-0.25, -0.2) is 14.4 Å². The number of rotatable bonds is 7. The molecule has 0 amide bonds. The van der Waals surface area contributed by atoms with Crippen molar-refractivity contribution in [3.63, 3.8) is 0 Å². The first-order valence-electron chi connectivity index (χ1n) is 9.06. The summed E-state index contributed by atoms with van der Waals surface area (Å²) in [7, 11) is 0. The van der Waals surface area contributed by atoms with Crippen molar-refractivity contribution >= 4 is 33.7 Å². The largest absolute Gasteiger partial charge is 0.368 e. The Balaban J connectivity index is 0.00000280. The molecule has 5 nitrogen and oxygen atoms in total. The van der Waals surface area contributed by atoms with Gasteiger partial charge in [-0.1, -0.05) is 38.1 Å². The number of fused-ring (bicyclic) bond motifs is 1. The summed E-state index contributed by atoms with van der Waals surface area (Å²) in [4.78, 5) is 9.18. The molecule has 0 aliphatic rings. The summed E-state index contributed by atoms with van der Waals surface area (Å²) >= 11 is 0. The van der Waals surface area contributed by atoms with Crippen LogP contribution in [-0.4, -0.2) is 34.5 Å². The van der Waals surface area contributed by atoms with Crippen LogP contribution >= 0.6 is 17.0 Å². The van der Waals surface area contributed by atoms with Crippen molar-refractivity contribution in [3.8, 4) is 11.3 Å². The summed E-state index contributed by atoms with van der Waals surface area (Å²) in [5.41, 5.74) is 2.50. The number of aromatic nitrogens is 2. The first-order valence-corrected chi connectivity index (χ1v) is 9.06. The lowest BCUT2D eigenvalue weighted by atomic mass is 10.00. The fourth-order valence-electron chi connectivity index (χ4n) is 2.86. The zero-order chi connectivity index (χ0) is 19.4. The van der Waals surface area contributed by atoms with Crippen LogP contribution in [0.4, 0.5) is 10.3 Å². The van der Waals surface area contributed by atoms with Crippen LogP contribution in [0.3, 0.4) is 0 Å². The Morgan fingerprint density at radius 3 is 2.46 bits per heavy atom. The molecular weight excluding hydrogens is 425 g/mol. The third kappa shape index (κ3) is 5.25. The lowest BCUT2D eigenvalue weighted by molar-refractivity contribution is -0.0812. The number of halogens is 2. The second-order valence-electron chi connectivity index (χ2n) is 6.69. The molecule has 0 bridgehead atoms. The number of benzene rings is 2. The van der Waals surface area contributed by atoms with E-state index in [0.717, 1.165) is 22.3 Å². The van der Waals surface area contributed by atoms with Crippen LogP contribution in [0.5, 0.6) is 0 Å². The molecule has 1 aromatic heterocycles. The molecule has 3 aromatic rings. The molecule has 0 aliphatic carbocycles. The fraction of sp³-hybridized carbons (Fsp3) is 0.333. The van der Waals surface area contributed by atoms with Crippen molar-refractivity contribution in [2.45, 2.75) is 33.0 Å². The normalized spacial score (nSPS) is 12.1. The van der Waals surface area contributed by atoms with Crippen LogP contribution in [0.15, 0.2) is 42.5 Å². The molecule has 0 radical (unpaired) electrons. The van der Waals surface area contributed by atoms with Crippen LogP contribution in [0.2, 0.25) is 0 Å². The molecular formula is C21H25BrFN3O2. The summed E-state index contributed by atoms with van der Waals surface area (Å²) in [6.07, 6.45) is -0.809. The summed E-state index contributed by atoms with van der Waals surface area (Å²) in [5, 5.41) is 13.7. The maximum absolute atomic E-state index is 14.2. The minimum Gasteiger partial charge on any atom is -0.368 e. The van der Waals surface area contributed by atoms with Crippen molar-refractivity contribution < 1.29 is 14.2 Å². The molecule has 150 valence electrons. The van der Waals surface area contributed by atoms with Gasteiger partial charge >= 0.3 is 0 Å². The number of anilines is 1. The molecule has 1 heterocycles. The van der Waals surface area contributed by atoms with E-state index in [0.29, 0.717) is 24.5 Å². The van der Waals surface area contributed by atoms with Crippen molar-refractivity contribution in [2.75, 3.05) is 18.5 Å². The number of ether oxygens (including phenoxy) is 1. The molecule has 0 saturated carbocycles. The Kier molecular flexibility index (Phi) is 7.86. The molecule has 3 rings (SSSR count). The Morgan fingerprint density at radius 1 is 1.07 bits per heavy atom. The molecule has 7 heteroatoms. The molecule has 28 heavy (non-hydrogen) atoms. The van der Waals surface area contributed by atoms with Gasteiger partial charge in [0.2, 0.25) is 5.95 Å². The topological polar surface area (TPSA) is 67.3 Å². The Hall–Kier alpha value is -2.09.